The lowest BCUT2D eigenvalue weighted by molar-refractivity contribution is -0.142. The monoisotopic (exact) mass is 253 g/mol. The fraction of sp³-hybridized carbons (Fsp3) is 0.333. The van der Waals surface area contributed by atoms with Gasteiger partial charge in [-0.15, -0.1) is 0 Å². The Labute approximate surface area is 104 Å². The van der Waals surface area contributed by atoms with Gasteiger partial charge in [0.25, 0.3) is 0 Å². The average Bonchev–Trinajstić information content (AvgIpc) is 2.37. The van der Waals surface area contributed by atoms with Crippen LogP contribution in [0.4, 0.5) is 0 Å². The maximum absolute atomic E-state index is 11.2. The quantitative estimate of drug-likeness (QED) is 0.738. The first-order valence-corrected chi connectivity index (χ1v) is 5.23. The summed E-state index contributed by atoms with van der Waals surface area (Å²) in [6, 6.07) is 3.81. The number of hydrogen-bond acceptors (Lipinski definition) is 5. The van der Waals surface area contributed by atoms with Crippen LogP contribution in [0.25, 0.3) is 0 Å². The molecule has 0 fully saturated rings. The van der Waals surface area contributed by atoms with Gasteiger partial charge in [0.15, 0.2) is 0 Å². The van der Waals surface area contributed by atoms with Gasteiger partial charge in [0.2, 0.25) is 0 Å². The number of carbonyl (C=O) groups is 2. The lowest BCUT2D eigenvalue weighted by Crippen LogP contribution is -2.33. The van der Waals surface area contributed by atoms with Crippen molar-refractivity contribution < 1.29 is 24.2 Å². The van der Waals surface area contributed by atoms with E-state index < -0.39 is 18.0 Å². The lowest BCUT2D eigenvalue weighted by Gasteiger charge is -2.11. The summed E-state index contributed by atoms with van der Waals surface area (Å²) in [5.41, 5.74) is 6.27. The topological polar surface area (TPSA) is 98.9 Å². The molecule has 0 saturated heterocycles. The highest BCUT2D eigenvalue weighted by Gasteiger charge is 2.17. The van der Waals surface area contributed by atoms with Crippen LogP contribution in [-0.4, -0.2) is 37.3 Å². The smallest absolute Gasteiger partial charge is 0.339 e. The van der Waals surface area contributed by atoms with Gasteiger partial charge < -0.3 is 20.3 Å². The molecule has 1 aromatic carbocycles. The van der Waals surface area contributed by atoms with Crippen molar-refractivity contribution in [3.05, 3.63) is 29.3 Å². The van der Waals surface area contributed by atoms with E-state index in [1.54, 1.807) is 6.07 Å². The van der Waals surface area contributed by atoms with Crippen molar-refractivity contribution in [1.29, 1.82) is 0 Å². The highest BCUT2D eigenvalue weighted by molar-refractivity contribution is 5.91. The fourth-order valence-corrected chi connectivity index (χ4v) is 1.54. The molecule has 0 heterocycles. The van der Waals surface area contributed by atoms with Crippen LogP contribution in [0.3, 0.4) is 0 Å². The van der Waals surface area contributed by atoms with E-state index in [0.29, 0.717) is 5.56 Å². The SMILES string of the molecule is COC(=O)[C@@H](N)Cc1ccc(OC)c(C(=O)O)c1. The van der Waals surface area contributed by atoms with E-state index in [4.69, 9.17) is 15.6 Å². The van der Waals surface area contributed by atoms with E-state index >= 15 is 0 Å². The van der Waals surface area contributed by atoms with E-state index in [1.807, 2.05) is 0 Å². The molecular formula is C12H15NO5. The van der Waals surface area contributed by atoms with Crippen molar-refractivity contribution in [1.82, 2.24) is 0 Å². The molecule has 0 aromatic heterocycles. The van der Waals surface area contributed by atoms with Gasteiger partial charge in [0, 0.05) is 0 Å². The Morgan fingerprint density at radius 2 is 2.06 bits per heavy atom. The number of carboxylic acid groups (broad SMARTS) is 1. The summed E-state index contributed by atoms with van der Waals surface area (Å²) in [5, 5.41) is 9.01. The molecule has 18 heavy (non-hydrogen) atoms. The summed E-state index contributed by atoms with van der Waals surface area (Å²) in [6.07, 6.45) is 0.205. The number of aromatic carboxylic acids is 1. The summed E-state index contributed by atoms with van der Waals surface area (Å²) in [5.74, 6) is -1.37. The minimum absolute atomic E-state index is 0.0343. The Hall–Kier alpha value is -2.08. The molecule has 6 nitrogen and oxygen atoms in total. The third-order valence-corrected chi connectivity index (χ3v) is 2.45. The van der Waals surface area contributed by atoms with Gasteiger partial charge in [-0.25, -0.2) is 4.79 Å². The van der Waals surface area contributed by atoms with Crippen LogP contribution in [-0.2, 0) is 16.0 Å². The second kappa shape index (κ2) is 6.02. The van der Waals surface area contributed by atoms with E-state index in [2.05, 4.69) is 4.74 Å². The third-order valence-electron chi connectivity index (χ3n) is 2.45. The van der Waals surface area contributed by atoms with Crippen LogP contribution < -0.4 is 10.5 Å². The first kappa shape index (κ1) is 14.0. The molecule has 0 spiro atoms. The first-order chi connectivity index (χ1) is 8.49. The Balaban J connectivity index is 2.95. The van der Waals surface area contributed by atoms with Crippen molar-refractivity contribution in [3.8, 4) is 5.75 Å². The van der Waals surface area contributed by atoms with E-state index in [0.717, 1.165) is 0 Å². The molecule has 0 aliphatic heterocycles. The molecule has 0 saturated carbocycles. The number of rotatable bonds is 5. The number of carboxylic acids is 1. The molecule has 0 aliphatic carbocycles. The van der Waals surface area contributed by atoms with Crippen LogP contribution in [0.1, 0.15) is 15.9 Å². The van der Waals surface area contributed by atoms with Crippen molar-refractivity contribution in [2.24, 2.45) is 5.73 Å². The average molecular weight is 253 g/mol. The molecule has 1 aromatic rings. The number of carbonyl (C=O) groups excluding carboxylic acids is 1. The Morgan fingerprint density at radius 1 is 1.39 bits per heavy atom. The second-order valence-corrected chi connectivity index (χ2v) is 3.67. The minimum Gasteiger partial charge on any atom is -0.496 e. The molecule has 0 radical (unpaired) electrons. The van der Waals surface area contributed by atoms with Gasteiger partial charge >= 0.3 is 11.9 Å². The summed E-state index contributed by atoms with van der Waals surface area (Å²) >= 11 is 0. The molecule has 1 rings (SSSR count). The summed E-state index contributed by atoms with van der Waals surface area (Å²) in [6.45, 7) is 0. The molecule has 6 heteroatoms. The fourth-order valence-electron chi connectivity index (χ4n) is 1.54. The van der Waals surface area contributed by atoms with Gasteiger partial charge in [0.05, 0.1) is 14.2 Å². The molecule has 0 aliphatic rings. The van der Waals surface area contributed by atoms with Crippen LogP contribution >= 0.6 is 0 Å². The highest BCUT2D eigenvalue weighted by Crippen LogP contribution is 2.20. The van der Waals surface area contributed by atoms with Gasteiger partial charge in [-0.05, 0) is 24.1 Å². The third kappa shape index (κ3) is 3.21. The Bertz CT molecular complexity index is 458. The zero-order chi connectivity index (χ0) is 13.7. The standard InChI is InChI=1S/C12H15NO5/c1-17-10-4-3-7(5-8(10)11(14)15)6-9(13)12(16)18-2/h3-5,9H,6,13H2,1-2H3,(H,14,15)/t9-/m0/s1. The van der Waals surface area contributed by atoms with E-state index in [9.17, 15) is 9.59 Å². The maximum atomic E-state index is 11.2. The molecule has 1 atom stereocenters. The number of benzene rings is 1. The van der Waals surface area contributed by atoms with Crippen molar-refractivity contribution in [2.75, 3.05) is 14.2 Å². The summed E-state index contributed by atoms with van der Waals surface area (Å²) in [7, 11) is 2.64. The molecule has 0 bridgehead atoms. The number of hydrogen-bond donors (Lipinski definition) is 2. The zero-order valence-electron chi connectivity index (χ0n) is 10.2. The molecule has 3 N–H and O–H groups in total. The normalized spacial score (nSPS) is 11.7. The zero-order valence-corrected chi connectivity index (χ0v) is 10.2. The lowest BCUT2D eigenvalue weighted by atomic mass is 10.0. The molecule has 98 valence electrons. The highest BCUT2D eigenvalue weighted by atomic mass is 16.5. The van der Waals surface area contributed by atoms with Crippen molar-refractivity contribution >= 4 is 11.9 Å². The van der Waals surface area contributed by atoms with Crippen molar-refractivity contribution in [3.63, 3.8) is 0 Å². The van der Waals surface area contributed by atoms with Crippen LogP contribution in [0.2, 0.25) is 0 Å². The Kier molecular flexibility index (Phi) is 4.67. The van der Waals surface area contributed by atoms with Gasteiger partial charge in [0.1, 0.15) is 17.4 Å². The number of ether oxygens (including phenoxy) is 2. The van der Waals surface area contributed by atoms with Gasteiger partial charge in [-0.3, -0.25) is 4.79 Å². The summed E-state index contributed by atoms with van der Waals surface area (Å²) < 4.78 is 9.43. The maximum Gasteiger partial charge on any atom is 0.339 e. The van der Waals surface area contributed by atoms with Crippen LogP contribution in [0, 0.1) is 0 Å². The molecule has 0 unspecified atom stereocenters. The largest absolute Gasteiger partial charge is 0.496 e. The first-order valence-electron chi connectivity index (χ1n) is 5.23. The number of methoxy groups -OCH3 is 2. The predicted octanol–water partition coefficient (Wildman–Crippen LogP) is 0.436. The molecule has 0 amide bonds. The van der Waals surface area contributed by atoms with Gasteiger partial charge in [-0.1, -0.05) is 6.07 Å². The van der Waals surface area contributed by atoms with E-state index in [-0.39, 0.29) is 17.7 Å². The number of esters is 1. The van der Waals surface area contributed by atoms with Gasteiger partial charge in [-0.2, -0.15) is 0 Å². The summed E-state index contributed by atoms with van der Waals surface area (Å²) in [4.78, 5) is 22.2. The van der Waals surface area contributed by atoms with E-state index in [1.165, 1.54) is 26.4 Å². The van der Waals surface area contributed by atoms with Crippen molar-refractivity contribution in [2.45, 2.75) is 12.5 Å². The molecular weight excluding hydrogens is 238 g/mol. The van der Waals surface area contributed by atoms with Crippen LogP contribution in [0.15, 0.2) is 18.2 Å². The Morgan fingerprint density at radius 3 is 2.56 bits per heavy atom. The minimum atomic E-state index is -1.10. The predicted molar refractivity (Wildman–Crippen MR) is 63.6 cm³/mol. The number of nitrogens with two attached hydrogens (primary N) is 1. The van der Waals surface area contributed by atoms with Crippen LogP contribution in [0.5, 0.6) is 5.75 Å². The second-order valence-electron chi connectivity index (χ2n) is 3.67.